The van der Waals surface area contributed by atoms with Crippen LogP contribution in [0, 0.1) is 0 Å². The van der Waals surface area contributed by atoms with E-state index in [9.17, 15) is 13.2 Å². The van der Waals surface area contributed by atoms with Crippen LogP contribution in [0.5, 0.6) is 0 Å². The Morgan fingerprint density at radius 1 is 0.833 bits per heavy atom. The van der Waals surface area contributed by atoms with Crippen LogP contribution in [0.3, 0.4) is 0 Å². The molecule has 124 valence electrons. The summed E-state index contributed by atoms with van der Waals surface area (Å²) < 4.78 is 39.2. The van der Waals surface area contributed by atoms with Gasteiger partial charge in [0.25, 0.3) is 0 Å². The molecule has 1 heterocycles. The molecule has 2 aromatic carbocycles. The van der Waals surface area contributed by atoms with Gasteiger partial charge in [0.1, 0.15) is 0 Å². The van der Waals surface area contributed by atoms with E-state index < -0.39 is 11.7 Å². The molecule has 0 unspecified atom stereocenters. The van der Waals surface area contributed by atoms with Gasteiger partial charge in [0.15, 0.2) is 0 Å². The second-order valence-corrected chi connectivity index (χ2v) is 6.61. The number of rotatable bonds is 1. The van der Waals surface area contributed by atoms with Gasteiger partial charge in [0.05, 0.1) is 16.8 Å². The number of alkyl halides is 3. The minimum absolute atomic E-state index is 0.412. The maximum Gasteiger partial charge on any atom is 0.416 e. The molecule has 0 bridgehead atoms. The van der Waals surface area contributed by atoms with Crippen LogP contribution in [0.15, 0.2) is 42.5 Å². The van der Waals surface area contributed by atoms with Crippen molar-refractivity contribution in [1.29, 1.82) is 0 Å². The van der Waals surface area contributed by atoms with Crippen molar-refractivity contribution in [3.8, 4) is 0 Å². The molecule has 0 saturated heterocycles. The van der Waals surface area contributed by atoms with E-state index in [4.69, 9.17) is 4.98 Å². The quantitative estimate of drug-likeness (QED) is 0.467. The molecule has 0 aliphatic heterocycles. The Hall–Kier alpha value is -2.10. The van der Waals surface area contributed by atoms with Crippen LogP contribution in [0.4, 0.5) is 13.2 Å². The van der Waals surface area contributed by atoms with Crippen molar-refractivity contribution >= 4 is 21.7 Å². The highest BCUT2D eigenvalue weighted by Crippen LogP contribution is 2.39. The molecule has 1 aliphatic rings. The van der Waals surface area contributed by atoms with Gasteiger partial charge in [0, 0.05) is 16.7 Å². The van der Waals surface area contributed by atoms with Crippen LogP contribution in [0.2, 0.25) is 0 Å². The lowest BCUT2D eigenvalue weighted by Crippen LogP contribution is -2.08. The Balaban J connectivity index is 1.98. The van der Waals surface area contributed by atoms with Gasteiger partial charge in [-0.25, -0.2) is 0 Å². The third kappa shape index (κ3) is 2.64. The Morgan fingerprint density at radius 3 is 2.25 bits per heavy atom. The summed E-state index contributed by atoms with van der Waals surface area (Å²) in [7, 11) is 0. The van der Waals surface area contributed by atoms with E-state index in [-0.39, 0.29) is 0 Å². The summed E-state index contributed by atoms with van der Waals surface area (Å²) in [5.74, 6) is 0.412. The number of halogens is 3. The highest BCUT2D eigenvalue weighted by atomic mass is 19.4. The number of pyridine rings is 1. The predicted molar refractivity (Wildman–Crippen MR) is 90.1 cm³/mol. The van der Waals surface area contributed by atoms with Gasteiger partial charge in [-0.3, -0.25) is 4.98 Å². The zero-order chi connectivity index (χ0) is 16.7. The maximum absolute atomic E-state index is 13.1. The smallest absolute Gasteiger partial charge is 0.252 e. The first-order chi connectivity index (χ1) is 11.5. The van der Waals surface area contributed by atoms with E-state index in [1.54, 1.807) is 0 Å². The number of hydrogen-bond acceptors (Lipinski definition) is 1. The van der Waals surface area contributed by atoms with E-state index >= 15 is 0 Å². The molecule has 24 heavy (non-hydrogen) atoms. The fourth-order valence-corrected chi connectivity index (χ4v) is 3.84. The van der Waals surface area contributed by atoms with Crippen LogP contribution in [-0.2, 0) is 6.18 Å². The Bertz CT molecular complexity index is 892. The summed E-state index contributed by atoms with van der Waals surface area (Å²) >= 11 is 0. The standard InChI is InChI=1S/C20H18F3N/c21-20(22,23)14-10-11-18-17(12-14)15-8-4-5-9-16(15)19(24-18)13-6-2-1-3-7-13/h4-5,8-13H,1-3,6-7H2. The summed E-state index contributed by atoms with van der Waals surface area (Å²) in [5, 5.41) is 2.45. The molecule has 4 heteroatoms. The maximum atomic E-state index is 13.1. The van der Waals surface area contributed by atoms with Crippen molar-refractivity contribution in [2.45, 2.75) is 44.2 Å². The third-order valence-electron chi connectivity index (χ3n) is 5.05. The zero-order valence-corrected chi connectivity index (χ0v) is 13.2. The zero-order valence-electron chi connectivity index (χ0n) is 13.2. The first-order valence-electron chi connectivity index (χ1n) is 8.43. The Kier molecular flexibility index (Phi) is 3.70. The summed E-state index contributed by atoms with van der Waals surface area (Å²) in [6, 6.07) is 11.6. The average Bonchev–Trinajstić information content (AvgIpc) is 2.60. The minimum atomic E-state index is -4.34. The molecule has 1 nitrogen and oxygen atoms in total. The van der Waals surface area contributed by atoms with Crippen LogP contribution in [0.1, 0.15) is 49.3 Å². The van der Waals surface area contributed by atoms with Gasteiger partial charge in [-0.15, -0.1) is 0 Å². The lowest BCUT2D eigenvalue weighted by atomic mass is 9.84. The summed E-state index contributed by atoms with van der Waals surface area (Å²) in [5.41, 5.74) is 1.09. The summed E-state index contributed by atoms with van der Waals surface area (Å²) in [4.78, 5) is 4.78. The van der Waals surface area contributed by atoms with Gasteiger partial charge < -0.3 is 0 Å². The van der Waals surface area contributed by atoms with Crippen molar-refractivity contribution < 1.29 is 13.2 Å². The normalized spacial score (nSPS) is 16.8. The summed E-state index contributed by atoms with van der Waals surface area (Å²) in [6.07, 6.45) is 1.55. The van der Waals surface area contributed by atoms with E-state index in [2.05, 4.69) is 0 Å². The van der Waals surface area contributed by atoms with Crippen molar-refractivity contribution in [2.75, 3.05) is 0 Å². The van der Waals surface area contributed by atoms with Crippen molar-refractivity contribution in [3.05, 3.63) is 53.7 Å². The Labute approximate surface area is 138 Å². The van der Waals surface area contributed by atoms with Crippen LogP contribution >= 0.6 is 0 Å². The second kappa shape index (κ2) is 5.76. The number of hydrogen-bond donors (Lipinski definition) is 0. The molecule has 1 saturated carbocycles. The SMILES string of the molecule is FC(F)(F)c1ccc2nc(C3CCCCC3)c3ccccc3c2c1. The van der Waals surface area contributed by atoms with E-state index in [1.807, 2.05) is 24.3 Å². The molecule has 0 N–H and O–H groups in total. The topological polar surface area (TPSA) is 12.9 Å². The van der Waals surface area contributed by atoms with Gasteiger partial charge >= 0.3 is 6.18 Å². The van der Waals surface area contributed by atoms with Crippen LogP contribution in [0.25, 0.3) is 21.7 Å². The first kappa shape index (κ1) is 15.4. The molecule has 3 aromatic rings. The molecular weight excluding hydrogens is 311 g/mol. The fourth-order valence-electron chi connectivity index (χ4n) is 3.84. The summed E-state index contributed by atoms with van der Waals surface area (Å²) in [6.45, 7) is 0. The molecule has 0 atom stereocenters. The fraction of sp³-hybridized carbons (Fsp3) is 0.350. The number of nitrogens with zero attached hydrogens (tertiary/aromatic N) is 1. The number of benzene rings is 2. The predicted octanol–water partition coefficient (Wildman–Crippen LogP) is 6.45. The van der Waals surface area contributed by atoms with Crippen molar-refractivity contribution in [3.63, 3.8) is 0 Å². The van der Waals surface area contributed by atoms with E-state index in [0.29, 0.717) is 16.8 Å². The van der Waals surface area contributed by atoms with Crippen molar-refractivity contribution in [2.24, 2.45) is 0 Å². The third-order valence-corrected chi connectivity index (χ3v) is 5.05. The van der Waals surface area contributed by atoms with E-state index in [0.717, 1.165) is 35.4 Å². The van der Waals surface area contributed by atoms with Gasteiger partial charge in [-0.05, 0) is 36.4 Å². The van der Waals surface area contributed by atoms with Gasteiger partial charge in [-0.2, -0.15) is 13.2 Å². The molecule has 1 aromatic heterocycles. The molecular formula is C20H18F3N. The van der Waals surface area contributed by atoms with Crippen LogP contribution in [-0.4, -0.2) is 4.98 Å². The molecule has 4 rings (SSSR count). The molecule has 0 amide bonds. The minimum Gasteiger partial charge on any atom is -0.252 e. The Morgan fingerprint density at radius 2 is 1.54 bits per heavy atom. The number of fused-ring (bicyclic) bond motifs is 3. The first-order valence-corrected chi connectivity index (χ1v) is 8.43. The highest BCUT2D eigenvalue weighted by molar-refractivity contribution is 6.07. The van der Waals surface area contributed by atoms with E-state index in [1.165, 1.54) is 31.4 Å². The van der Waals surface area contributed by atoms with Crippen LogP contribution < -0.4 is 0 Å². The molecule has 0 radical (unpaired) electrons. The highest BCUT2D eigenvalue weighted by Gasteiger charge is 2.31. The molecule has 0 spiro atoms. The number of aromatic nitrogens is 1. The lowest BCUT2D eigenvalue weighted by Gasteiger charge is -2.23. The lowest BCUT2D eigenvalue weighted by molar-refractivity contribution is -0.137. The van der Waals surface area contributed by atoms with Crippen molar-refractivity contribution in [1.82, 2.24) is 4.98 Å². The monoisotopic (exact) mass is 329 g/mol. The molecule has 1 fully saturated rings. The van der Waals surface area contributed by atoms with Gasteiger partial charge in [0.2, 0.25) is 0 Å². The average molecular weight is 329 g/mol. The molecule has 1 aliphatic carbocycles. The second-order valence-electron chi connectivity index (χ2n) is 6.61. The van der Waals surface area contributed by atoms with Gasteiger partial charge in [-0.1, -0.05) is 43.5 Å². The largest absolute Gasteiger partial charge is 0.416 e.